The summed E-state index contributed by atoms with van der Waals surface area (Å²) in [5.41, 5.74) is 0.321. The standard InChI is InChI=1S/C14H13NO6/c16-7-9-6-12(2-3-13(9)15(19)20)21-8-10-5-11(17)1-4-14(10)18/h1-6,16-18H,7-8H2. The molecule has 2 rings (SSSR count). The maximum Gasteiger partial charge on any atom is 0.275 e. The van der Waals surface area contributed by atoms with E-state index in [-0.39, 0.29) is 29.4 Å². The fraction of sp³-hybridized carbons (Fsp3) is 0.143. The molecule has 2 aromatic rings. The Balaban J connectivity index is 2.17. The predicted octanol–water partition coefficient (Wildman–Crippen LogP) is 2.08. The monoisotopic (exact) mass is 291 g/mol. The molecule has 0 aliphatic heterocycles. The third-order valence-corrected chi connectivity index (χ3v) is 2.88. The highest BCUT2D eigenvalue weighted by atomic mass is 16.6. The van der Waals surface area contributed by atoms with Crippen LogP contribution in [-0.2, 0) is 13.2 Å². The lowest BCUT2D eigenvalue weighted by atomic mass is 10.1. The molecular formula is C14H13NO6. The molecule has 0 bridgehead atoms. The number of nitro benzene ring substituents is 1. The van der Waals surface area contributed by atoms with Crippen LogP contribution in [0.15, 0.2) is 36.4 Å². The van der Waals surface area contributed by atoms with Gasteiger partial charge >= 0.3 is 0 Å². The lowest BCUT2D eigenvalue weighted by Gasteiger charge is -2.09. The molecule has 7 nitrogen and oxygen atoms in total. The van der Waals surface area contributed by atoms with Gasteiger partial charge in [0.15, 0.2) is 0 Å². The minimum absolute atomic E-state index is 0.00820. The van der Waals surface area contributed by atoms with Gasteiger partial charge in [0.2, 0.25) is 0 Å². The van der Waals surface area contributed by atoms with Gasteiger partial charge in [0.1, 0.15) is 23.9 Å². The van der Waals surface area contributed by atoms with Gasteiger partial charge < -0.3 is 20.1 Å². The molecule has 0 atom stereocenters. The number of ether oxygens (including phenoxy) is 1. The molecule has 0 radical (unpaired) electrons. The van der Waals surface area contributed by atoms with Gasteiger partial charge in [-0.05, 0) is 30.3 Å². The van der Waals surface area contributed by atoms with Gasteiger partial charge in [-0.1, -0.05) is 0 Å². The molecule has 0 saturated carbocycles. The molecule has 0 amide bonds. The molecule has 0 aliphatic carbocycles. The van der Waals surface area contributed by atoms with Crippen LogP contribution in [0.5, 0.6) is 17.2 Å². The van der Waals surface area contributed by atoms with Gasteiger partial charge in [-0.2, -0.15) is 0 Å². The van der Waals surface area contributed by atoms with Crippen LogP contribution in [0.3, 0.4) is 0 Å². The summed E-state index contributed by atoms with van der Waals surface area (Å²) in [4.78, 5) is 10.2. The Bertz CT molecular complexity index is 671. The van der Waals surface area contributed by atoms with Crippen LogP contribution < -0.4 is 4.74 Å². The van der Waals surface area contributed by atoms with Gasteiger partial charge in [0.05, 0.1) is 17.1 Å². The summed E-state index contributed by atoms with van der Waals surface area (Å²) < 4.78 is 5.40. The summed E-state index contributed by atoms with van der Waals surface area (Å²) in [6.07, 6.45) is 0. The molecule has 0 aromatic heterocycles. The first kappa shape index (κ1) is 14.6. The maximum atomic E-state index is 10.7. The van der Waals surface area contributed by atoms with Crippen LogP contribution in [0.2, 0.25) is 0 Å². The number of nitrogens with zero attached hydrogens (tertiary/aromatic N) is 1. The predicted molar refractivity (Wildman–Crippen MR) is 73.1 cm³/mol. The minimum atomic E-state index is -0.587. The highest BCUT2D eigenvalue weighted by Crippen LogP contribution is 2.27. The van der Waals surface area contributed by atoms with Crippen LogP contribution in [0.1, 0.15) is 11.1 Å². The van der Waals surface area contributed by atoms with Crippen molar-refractivity contribution in [3.63, 3.8) is 0 Å². The number of phenols is 2. The van der Waals surface area contributed by atoms with Gasteiger partial charge in [-0.25, -0.2) is 0 Å². The summed E-state index contributed by atoms with van der Waals surface area (Å²) in [6, 6.07) is 8.03. The zero-order chi connectivity index (χ0) is 15.4. The van der Waals surface area contributed by atoms with Crippen LogP contribution in [0, 0.1) is 10.1 Å². The Kier molecular flexibility index (Phi) is 4.24. The van der Waals surface area contributed by atoms with Crippen LogP contribution >= 0.6 is 0 Å². The SMILES string of the molecule is O=[N+]([O-])c1ccc(OCc2cc(O)ccc2O)cc1CO. The molecule has 110 valence electrons. The van der Waals surface area contributed by atoms with Crippen molar-refractivity contribution in [2.75, 3.05) is 0 Å². The van der Waals surface area contributed by atoms with Gasteiger partial charge in [0.25, 0.3) is 5.69 Å². The third kappa shape index (κ3) is 3.40. The molecule has 21 heavy (non-hydrogen) atoms. The lowest BCUT2D eigenvalue weighted by molar-refractivity contribution is -0.385. The van der Waals surface area contributed by atoms with Gasteiger partial charge in [-0.3, -0.25) is 10.1 Å². The number of hydrogen-bond donors (Lipinski definition) is 3. The zero-order valence-corrected chi connectivity index (χ0v) is 10.9. The van der Waals surface area contributed by atoms with Crippen molar-refractivity contribution in [3.8, 4) is 17.2 Å². The molecule has 7 heteroatoms. The summed E-state index contributed by atoms with van der Waals surface area (Å²) in [6.45, 7) is -0.506. The van der Waals surface area contributed by atoms with E-state index < -0.39 is 11.5 Å². The fourth-order valence-electron chi connectivity index (χ4n) is 1.81. The Morgan fingerprint density at radius 2 is 1.86 bits per heavy atom. The van der Waals surface area contributed by atoms with Crippen molar-refractivity contribution in [3.05, 3.63) is 57.6 Å². The fourth-order valence-corrected chi connectivity index (χ4v) is 1.81. The molecule has 0 spiro atoms. The van der Waals surface area contributed by atoms with Crippen molar-refractivity contribution < 1.29 is 25.0 Å². The smallest absolute Gasteiger partial charge is 0.275 e. The first-order valence-corrected chi connectivity index (χ1v) is 6.03. The number of hydrogen-bond acceptors (Lipinski definition) is 6. The van der Waals surface area contributed by atoms with E-state index in [1.54, 1.807) is 0 Å². The second-order valence-corrected chi connectivity index (χ2v) is 4.31. The highest BCUT2D eigenvalue weighted by Gasteiger charge is 2.14. The number of aliphatic hydroxyl groups is 1. The van der Waals surface area contributed by atoms with E-state index in [1.165, 1.54) is 36.4 Å². The van der Waals surface area contributed by atoms with Crippen LogP contribution in [0.4, 0.5) is 5.69 Å². The minimum Gasteiger partial charge on any atom is -0.508 e. The number of aromatic hydroxyl groups is 2. The first-order valence-electron chi connectivity index (χ1n) is 6.03. The largest absolute Gasteiger partial charge is 0.508 e. The molecule has 0 unspecified atom stereocenters. The molecular weight excluding hydrogens is 278 g/mol. The van der Waals surface area contributed by atoms with Crippen LogP contribution in [-0.4, -0.2) is 20.2 Å². The molecule has 3 N–H and O–H groups in total. The first-order chi connectivity index (χ1) is 10.0. The Morgan fingerprint density at radius 1 is 1.10 bits per heavy atom. The summed E-state index contributed by atoms with van der Waals surface area (Å²) in [7, 11) is 0. The average molecular weight is 291 g/mol. The normalized spacial score (nSPS) is 10.3. The Labute approximate surface area is 119 Å². The lowest BCUT2D eigenvalue weighted by Crippen LogP contribution is -1.99. The Hall–Kier alpha value is -2.80. The summed E-state index contributed by atoms with van der Waals surface area (Å²) in [5.74, 6) is 0.274. The van der Waals surface area contributed by atoms with E-state index in [9.17, 15) is 20.3 Å². The van der Waals surface area contributed by atoms with E-state index >= 15 is 0 Å². The van der Waals surface area contributed by atoms with E-state index in [0.717, 1.165) is 0 Å². The Morgan fingerprint density at radius 3 is 2.52 bits per heavy atom. The molecule has 0 fully saturated rings. The number of aliphatic hydroxyl groups excluding tert-OH is 1. The van der Waals surface area contributed by atoms with E-state index in [4.69, 9.17) is 9.84 Å². The quantitative estimate of drug-likeness (QED) is 0.441. The summed E-state index contributed by atoms with van der Waals surface area (Å²) >= 11 is 0. The second kappa shape index (κ2) is 6.10. The summed E-state index contributed by atoms with van der Waals surface area (Å²) in [5, 5.41) is 38.8. The maximum absolute atomic E-state index is 10.7. The molecule has 2 aromatic carbocycles. The molecule has 0 heterocycles. The zero-order valence-electron chi connectivity index (χ0n) is 10.9. The second-order valence-electron chi connectivity index (χ2n) is 4.31. The van der Waals surface area contributed by atoms with Crippen molar-refractivity contribution >= 4 is 5.69 Å². The topological polar surface area (TPSA) is 113 Å². The number of nitro groups is 1. The number of phenolic OH excluding ortho intramolecular Hbond substituents is 2. The molecule has 0 aliphatic rings. The van der Waals surface area contributed by atoms with E-state index in [2.05, 4.69) is 0 Å². The van der Waals surface area contributed by atoms with Gasteiger partial charge in [0, 0.05) is 11.6 Å². The van der Waals surface area contributed by atoms with Crippen molar-refractivity contribution in [2.24, 2.45) is 0 Å². The van der Waals surface area contributed by atoms with Gasteiger partial charge in [-0.15, -0.1) is 0 Å². The average Bonchev–Trinajstić information content (AvgIpc) is 2.47. The highest BCUT2D eigenvalue weighted by molar-refractivity contribution is 5.45. The number of rotatable bonds is 5. The van der Waals surface area contributed by atoms with Crippen molar-refractivity contribution in [1.29, 1.82) is 0 Å². The van der Waals surface area contributed by atoms with Crippen molar-refractivity contribution in [2.45, 2.75) is 13.2 Å². The van der Waals surface area contributed by atoms with E-state index in [1.807, 2.05) is 0 Å². The third-order valence-electron chi connectivity index (χ3n) is 2.88. The molecule has 0 saturated heterocycles. The van der Waals surface area contributed by atoms with E-state index in [0.29, 0.717) is 11.3 Å². The van der Waals surface area contributed by atoms with Crippen LogP contribution in [0.25, 0.3) is 0 Å². The van der Waals surface area contributed by atoms with Crippen molar-refractivity contribution in [1.82, 2.24) is 0 Å². The number of benzene rings is 2.